The van der Waals surface area contributed by atoms with Crippen LogP contribution in [0.2, 0.25) is 0 Å². The van der Waals surface area contributed by atoms with Crippen molar-refractivity contribution in [2.45, 2.75) is 12.8 Å². The first kappa shape index (κ1) is 10.4. The summed E-state index contributed by atoms with van der Waals surface area (Å²) in [6.07, 6.45) is 2.07. The second kappa shape index (κ2) is 5.11. The van der Waals surface area contributed by atoms with Gasteiger partial charge in [0, 0.05) is 6.20 Å². The van der Waals surface area contributed by atoms with Gasteiger partial charge in [-0.3, -0.25) is 9.78 Å². The Hall–Kier alpha value is -1.71. The van der Waals surface area contributed by atoms with Crippen LogP contribution in [0.25, 0.3) is 0 Å². The molecule has 0 saturated carbocycles. The van der Waals surface area contributed by atoms with Gasteiger partial charge >= 0.3 is 5.97 Å². The number of hydrogen-bond acceptors (Lipinski definition) is 4. The molecule has 4 heteroatoms. The minimum Gasteiger partial charge on any atom is -0.465 e. The van der Waals surface area contributed by atoms with Crippen LogP contribution in [0.5, 0.6) is 0 Å². The summed E-state index contributed by atoms with van der Waals surface area (Å²) in [6.45, 7) is 1.95. The van der Waals surface area contributed by atoms with E-state index in [1.54, 1.807) is 25.1 Å². The van der Waals surface area contributed by atoms with Gasteiger partial charge in [0.25, 0.3) is 0 Å². The molecule has 1 unspecified atom stereocenters. The van der Waals surface area contributed by atoms with Gasteiger partial charge < -0.3 is 9.53 Å². The van der Waals surface area contributed by atoms with Crippen molar-refractivity contribution in [1.29, 1.82) is 0 Å². The number of hydrogen-bond donors (Lipinski definition) is 0. The largest absolute Gasteiger partial charge is 0.465 e. The van der Waals surface area contributed by atoms with Crippen molar-refractivity contribution >= 4 is 12.3 Å². The number of pyridine rings is 1. The second-order valence-corrected chi connectivity index (χ2v) is 2.62. The normalized spacial score (nSPS) is 11.8. The second-order valence-electron chi connectivity index (χ2n) is 2.62. The highest BCUT2D eigenvalue weighted by atomic mass is 16.5. The molecule has 0 amide bonds. The van der Waals surface area contributed by atoms with Crippen LogP contribution >= 0.6 is 0 Å². The average molecular weight is 193 g/mol. The lowest BCUT2D eigenvalue weighted by atomic mass is 10.1. The van der Waals surface area contributed by atoms with E-state index < -0.39 is 11.9 Å². The molecule has 0 saturated heterocycles. The molecule has 0 bridgehead atoms. The molecular weight excluding hydrogens is 182 g/mol. The Kier molecular flexibility index (Phi) is 3.79. The minimum absolute atomic E-state index is 0.260. The monoisotopic (exact) mass is 193 g/mol. The lowest BCUT2D eigenvalue weighted by molar-refractivity contribution is -0.146. The molecule has 0 N–H and O–H groups in total. The van der Waals surface area contributed by atoms with Gasteiger partial charge in [-0.2, -0.15) is 0 Å². The maximum absolute atomic E-state index is 11.3. The van der Waals surface area contributed by atoms with Gasteiger partial charge in [0.15, 0.2) is 5.92 Å². The van der Waals surface area contributed by atoms with E-state index in [2.05, 4.69) is 4.98 Å². The predicted octanol–water partition coefficient (Wildman–Crippen LogP) is 0.927. The summed E-state index contributed by atoms with van der Waals surface area (Å²) in [5, 5.41) is 0. The van der Waals surface area contributed by atoms with E-state index >= 15 is 0 Å². The highest BCUT2D eigenvalue weighted by molar-refractivity contribution is 5.93. The number of aldehydes is 1. The molecule has 1 aromatic heterocycles. The van der Waals surface area contributed by atoms with Crippen LogP contribution in [0.15, 0.2) is 24.4 Å². The fourth-order valence-electron chi connectivity index (χ4n) is 1.04. The van der Waals surface area contributed by atoms with Crippen molar-refractivity contribution in [1.82, 2.24) is 4.98 Å². The summed E-state index contributed by atoms with van der Waals surface area (Å²) in [7, 11) is 0. The zero-order chi connectivity index (χ0) is 10.4. The first-order valence-electron chi connectivity index (χ1n) is 4.32. The van der Waals surface area contributed by atoms with Crippen LogP contribution in [0.1, 0.15) is 18.5 Å². The minimum atomic E-state index is -0.906. The molecule has 1 aromatic rings. The van der Waals surface area contributed by atoms with Crippen LogP contribution in [0.4, 0.5) is 0 Å². The Labute approximate surface area is 81.9 Å². The Bertz CT molecular complexity index is 310. The summed E-state index contributed by atoms with van der Waals surface area (Å²) in [5.41, 5.74) is 0.418. The van der Waals surface area contributed by atoms with Crippen molar-refractivity contribution in [3.8, 4) is 0 Å². The van der Waals surface area contributed by atoms with Gasteiger partial charge in [0.2, 0.25) is 0 Å². The summed E-state index contributed by atoms with van der Waals surface area (Å²) < 4.78 is 4.74. The maximum Gasteiger partial charge on any atom is 0.322 e. The van der Waals surface area contributed by atoms with Gasteiger partial charge in [-0.05, 0) is 19.1 Å². The molecule has 0 aromatic carbocycles. The van der Waals surface area contributed by atoms with Gasteiger partial charge in [-0.1, -0.05) is 6.07 Å². The lowest BCUT2D eigenvalue weighted by Gasteiger charge is -2.07. The van der Waals surface area contributed by atoms with Crippen LogP contribution in [0, 0.1) is 0 Å². The van der Waals surface area contributed by atoms with Gasteiger partial charge in [-0.25, -0.2) is 0 Å². The fraction of sp³-hybridized carbons (Fsp3) is 0.300. The molecule has 0 spiro atoms. The number of carbonyl (C=O) groups is 2. The quantitative estimate of drug-likeness (QED) is 0.405. The van der Waals surface area contributed by atoms with Crippen molar-refractivity contribution in [2.75, 3.05) is 6.61 Å². The molecule has 4 nitrogen and oxygen atoms in total. The van der Waals surface area contributed by atoms with Gasteiger partial charge in [0.05, 0.1) is 12.3 Å². The van der Waals surface area contributed by atoms with Gasteiger partial charge in [0.1, 0.15) is 6.29 Å². The smallest absolute Gasteiger partial charge is 0.322 e. The molecule has 0 radical (unpaired) electrons. The van der Waals surface area contributed by atoms with Crippen molar-refractivity contribution in [2.24, 2.45) is 0 Å². The summed E-state index contributed by atoms with van der Waals surface area (Å²) >= 11 is 0. The van der Waals surface area contributed by atoms with E-state index in [9.17, 15) is 9.59 Å². The Morgan fingerprint density at radius 3 is 2.93 bits per heavy atom. The van der Waals surface area contributed by atoms with Crippen molar-refractivity contribution in [3.63, 3.8) is 0 Å². The number of ether oxygens (including phenoxy) is 1. The van der Waals surface area contributed by atoms with E-state index in [1.807, 2.05) is 0 Å². The summed E-state index contributed by atoms with van der Waals surface area (Å²) in [5.74, 6) is -1.46. The van der Waals surface area contributed by atoms with Crippen LogP contribution in [0.3, 0.4) is 0 Å². The first-order chi connectivity index (χ1) is 6.79. The third-order valence-electron chi connectivity index (χ3n) is 1.68. The van der Waals surface area contributed by atoms with E-state index in [-0.39, 0.29) is 6.61 Å². The predicted molar refractivity (Wildman–Crippen MR) is 49.7 cm³/mol. The maximum atomic E-state index is 11.3. The first-order valence-corrected chi connectivity index (χ1v) is 4.32. The molecule has 1 heterocycles. The molecule has 1 rings (SSSR count). The molecule has 0 aliphatic carbocycles. The molecule has 0 aliphatic heterocycles. The Morgan fingerprint density at radius 1 is 1.64 bits per heavy atom. The number of aromatic nitrogens is 1. The third kappa shape index (κ3) is 2.39. The lowest BCUT2D eigenvalue weighted by Crippen LogP contribution is -2.18. The van der Waals surface area contributed by atoms with Crippen LogP contribution in [-0.2, 0) is 14.3 Å². The van der Waals surface area contributed by atoms with Crippen molar-refractivity contribution < 1.29 is 14.3 Å². The zero-order valence-corrected chi connectivity index (χ0v) is 7.84. The van der Waals surface area contributed by atoms with Gasteiger partial charge in [-0.15, -0.1) is 0 Å². The summed E-state index contributed by atoms with van der Waals surface area (Å²) in [6, 6.07) is 5.06. The standard InChI is InChI=1S/C10H11NO3/c1-2-14-10(13)8(7-12)9-5-3-4-6-11-9/h3-8H,2H2,1H3. The zero-order valence-electron chi connectivity index (χ0n) is 7.84. The Balaban J connectivity index is 2.82. The number of rotatable bonds is 4. The van der Waals surface area contributed by atoms with E-state index in [0.717, 1.165) is 0 Å². The van der Waals surface area contributed by atoms with E-state index in [4.69, 9.17) is 4.74 Å². The highest BCUT2D eigenvalue weighted by Crippen LogP contribution is 2.11. The molecule has 0 fully saturated rings. The molecule has 14 heavy (non-hydrogen) atoms. The fourth-order valence-corrected chi connectivity index (χ4v) is 1.04. The van der Waals surface area contributed by atoms with Crippen molar-refractivity contribution in [3.05, 3.63) is 30.1 Å². The number of nitrogens with zero attached hydrogens (tertiary/aromatic N) is 1. The van der Waals surface area contributed by atoms with E-state index in [0.29, 0.717) is 12.0 Å². The number of esters is 1. The average Bonchev–Trinajstić information content (AvgIpc) is 2.21. The molecular formula is C10H11NO3. The highest BCUT2D eigenvalue weighted by Gasteiger charge is 2.21. The SMILES string of the molecule is CCOC(=O)C(C=O)c1ccccn1. The number of carbonyl (C=O) groups excluding carboxylic acids is 2. The topological polar surface area (TPSA) is 56.3 Å². The molecule has 0 aliphatic rings. The van der Waals surface area contributed by atoms with Crippen LogP contribution in [-0.4, -0.2) is 23.8 Å². The molecule has 74 valence electrons. The molecule has 1 atom stereocenters. The van der Waals surface area contributed by atoms with Crippen LogP contribution < -0.4 is 0 Å². The third-order valence-corrected chi connectivity index (χ3v) is 1.68. The summed E-state index contributed by atoms with van der Waals surface area (Å²) in [4.78, 5) is 25.9. The Morgan fingerprint density at radius 2 is 2.43 bits per heavy atom. The van der Waals surface area contributed by atoms with E-state index in [1.165, 1.54) is 6.20 Å².